The van der Waals surface area contributed by atoms with Gasteiger partial charge in [-0.3, -0.25) is 4.99 Å². The number of hydrogen-bond acceptors (Lipinski definition) is 17. The van der Waals surface area contributed by atoms with E-state index in [1.54, 1.807) is 6.92 Å². The number of methoxy groups -OCH3 is 1. The summed E-state index contributed by atoms with van der Waals surface area (Å²) in [5, 5.41) is 92.5. The highest BCUT2D eigenvalue weighted by molar-refractivity contribution is 5.97. The van der Waals surface area contributed by atoms with Crippen LogP contribution in [0.3, 0.4) is 0 Å². The van der Waals surface area contributed by atoms with Gasteiger partial charge in [-0.2, -0.15) is 0 Å². The number of fused-ring (bicyclic) bond motifs is 1. The molecule has 7 atom stereocenters. The largest absolute Gasteiger partial charge is 0.504 e. The van der Waals surface area contributed by atoms with Crippen LogP contribution in [0.5, 0.6) is 34.5 Å². The van der Waals surface area contributed by atoms with E-state index in [-0.39, 0.29) is 59.8 Å². The highest BCUT2D eigenvalue weighted by Gasteiger charge is 2.60. The summed E-state index contributed by atoms with van der Waals surface area (Å²) in [6.07, 6.45) is -11.3. The first-order valence-electron chi connectivity index (χ1n) is 17.6. The first-order valence-corrected chi connectivity index (χ1v) is 17.6. The molecular formula is C37H46N4O16. The number of anilines is 1. The molecule has 3 aromatic carbocycles. The lowest BCUT2D eigenvalue weighted by atomic mass is 9.80. The summed E-state index contributed by atoms with van der Waals surface area (Å²) < 4.78 is 34.1. The minimum Gasteiger partial charge on any atom is -0.504 e. The van der Waals surface area contributed by atoms with E-state index in [0.717, 1.165) is 17.7 Å². The van der Waals surface area contributed by atoms with Gasteiger partial charge < -0.3 is 85.6 Å². The number of nitrogens with two attached hydrogens (primary N) is 1. The van der Waals surface area contributed by atoms with Gasteiger partial charge in [-0.25, -0.2) is 9.59 Å². The maximum absolute atomic E-state index is 13.7. The standard InChI is InChI=1S/C37H46N4O16/c1-17(15-42)41-21-14-23(22(13-20(21)32(48)49)54-16-40-36(38)39-2)55-34-27(45)26(44)31(47)37(57-34)11-9-19-24(33(50)56-35(37)51)25(43)30(28(46)29(19)52-3)53-12-10-18-7-5-4-6-8-18/h4-8,13-14,17,26-27,31,34-35,41-47,51H,9-12,15-16H2,1-3H3,(H,48,49)(H3,38,39,40)/t17-,26-,27-,31+,34+,35-,37+/m1/s1. The van der Waals surface area contributed by atoms with Crippen molar-refractivity contribution in [3.05, 3.63) is 64.7 Å². The number of aliphatic imine (C=N–C) groups is 1. The summed E-state index contributed by atoms with van der Waals surface area (Å²) >= 11 is 0. The molecule has 57 heavy (non-hydrogen) atoms. The normalized spacial score (nSPS) is 24.0. The Hall–Kier alpha value is -5.77. The van der Waals surface area contributed by atoms with Crippen LogP contribution in [0.2, 0.25) is 0 Å². The number of cyclic esters (lactones) is 1. The Morgan fingerprint density at radius 2 is 1.77 bits per heavy atom. The van der Waals surface area contributed by atoms with Gasteiger partial charge in [0.05, 0.1) is 31.6 Å². The molecule has 0 aliphatic carbocycles. The van der Waals surface area contributed by atoms with Gasteiger partial charge in [0.25, 0.3) is 0 Å². The van der Waals surface area contributed by atoms with Crippen molar-refractivity contribution in [1.82, 2.24) is 5.32 Å². The molecule has 1 saturated heterocycles. The van der Waals surface area contributed by atoms with Crippen LogP contribution < -0.4 is 35.3 Å². The van der Waals surface area contributed by atoms with Gasteiger partial charge in [-0.05, 0) is 25.3 Å². The number of hydrogen-bond donors (Lipinski definition) is 11. The van der Waals surface area contributed by atoms with Gasteiger partial charge >= 0.3 is 11.9 Å². The first kappa shape index (κ1) is 42.4. The number of nitrogens with one attached hydrogen (secondary N) is 2. The second-order valence-corrected chi connectivity index (χ2v) is 13.2. The highest BCUT2D eigenvalue weighted by Crippen LogP contribution is 2.51. The van der Waals surface area contributed by atoms with E-state index in [1.165, 1.54) is 14.2 Å². The molecule has 0 saturated carbocycles. The average Bonchev–Trinajstić information content (AvgIpc) is 3.19. The second-order valence-electron chi connectivity index (χ2n) is 13.2. The topological polar surface area (TPSA) is 314 Å². The minimum atomic E-state index is -2.46. The summed E-state index contributed by atoms with van der Waals surface area (Å²) in [6.45, 7) is 0.767. The van der Waals surface area contributed by atoms with Crippen molar-refractivity contribution in [2.45, 2.75) is 68.7 Å². The first-order chi connectivity index (χ1) is 27.2. The summed E-state index contributed by atoms with van der Waals surface area (Å²) in [5.41, 5.74) is 3.06. The third-order valence-electron chi connectivity index (χ3n) is 9.49. The number of guanidine groups is 1. The van der Waals surface area contributed by atoms with E-state index in [2.05, 4.69) is 15.6 Å². The second kappa shape index (κ2) is 18.0. The van der Waals surface area contributed by atoms with Gasteiger partial charge in [0.2, 0.25) is 24.1 Å². The molecule has 2 aliphatic rings. The molecule has 0 aromatic heterocycles. The van der Waals surface area contributed by atoms with Crippen molar-refractivity contribution in [2.75, 3.05) is 39.4 Å². The zero-order chi connectivity index (χ0) is 41.6. The molecule has 20 nitrogen and oxygen atoms in total. The Morgan fingerprint density at radius 3 is 2.42 bits per heavy atom. The number of carbonyl (C=O) groups is 2. The number of esters is 1. The number of phenolic OH excluding ortho intramolecular Hbond substituents is 2. The Morgan fingerprint density at radius 1 is 1.05 bits per heavy atom. The lowest BCUT2D eigenvalue weighted by molar-refractivity contribution is -0.357. The number of nitrogens with zero attached hydrogens (tertiary/aromatic N) is 1. The number of aromatic carboxylic acids is 1. The van der Waals surface area contributed by atoms with Gasteiger partial charge in [0, 0.05) is 37.2 Å². The minimum absolute atomic E-state index is 0.0309. The predicted molar refractivity (Wildman–Crippen MR) is 198 cm³/mol. The quantitative estimate of drug-likeness (QED) is 0.0434. The number of rotatable bonds is 14. The van der Waals surface area contributed by atoms with Crippen molar-refractivity contribution in [3.63, 3.8) is 0 Å². The van der Waals surface area contributed by atoms with Gasteiger partial charge in [0.1, 0.15) is 23.9 Å². The Labute approximate surface area is 325 Å². The molecule has 2 heterocycles. The lowest BCUT2D eigenvalue weighted by Crippen LogP contribution is -2.70. The molecule has 0 radical (unpaired) electrons. The average molecular weight is 803 g/mol. The van der Waals surface area contributed by atoms with Crippen molar-refractivity contribution >= 4 is 23.6 Å². The fourth-order valence-electron chi connectivity index (χ4n) is 6.42. The van der Waals surface area contributed by atoms with E-state index in [0.29, 0.717) is 6.42 Å². The van der Waals surface area contributed by atoms with Crippen molar-refractivity contribution < 1.29 is 78.9 Å². The summed E-state index contributed by atoms with van der Waals surface area (Å²) in [7, 11) is 2.59. The van der Waals surface area contributed by atoms with E-state index in [9.17, 15) is 50.4 Å². The van der Waals surface area contributed by atoms with Crippen LogP contribution in [0.4, 0.5) is 5.69 Å². The number of phenols is 2. The molecule has 0 bridgehead atoms. The van der Waals surface area contributed by atoms with Gasteiger partial charge in [-0.1, -0.05) is 30.3 Å². The number of benzene rings is 3. The van der Waals surface area contributed by atoms with E-state index in [1.807, 2.05) is 30.3 Å². The molecule has 1 fully saturated rings. The SMILES string of the molecule is CN=C(N)NCOc1cc(C(=O)O)c(N[C@H](C)CO)cc1O[C@H]1O[C@@]2(CCc3c(OC)c(O)c(OCCc4ccccc4)c(O)c3C(=O)O[C@H]2O)[C@@H](O)[C@H](O)[C@H]1O. The smallest absolute Gasteiger partial charge is 0.344 e. The van der Waals surface area contributed by atoms with Crippen LogP contribution in [0.25, 0.3) is 0 Å². The van der Waals surface area contributed by atoms with Gasteiger partial charge in [0.15, 0.2) is 41.3 Å². The zero-order valence-electron chi connectivity index (χ0n) is 31.1. The number of carbonyl (C=O) groups excluding carboxylic acids is 1. The summed E-state index contributed by atoms with van der Waals surface area (Å²) in [4.78, 5) is 29.7. The number of ether oxygens (including phenoxy) is 6. The van der Waals surface area contributed by atoms with Crippen LogP contribution in [0.15, 0.2) is 47.5 Å². The molecule has 1 spiro atoms. The monoisotopic (exact) mass is 802 g/mol. The molecule has 0 unspecified atom stereocenters. The van der Waals surface area contributed by atoms with Crippen molar-refractivity contribution in [2.24, 2.45) is 10.7 Å². The maximum atomic E-state index is 13.7. The van der Waals surface area contributed by atoms with Crippen LogP contribution in [0, 0.1) is 0 Å². The number of carboxylic acid groups (broad SMARTS) is 1. The van der Waals surface area contributed by atoms with Crippen LogP contribution in [-0.4, -0.2) is 135 Å². The Bertz CT molecular complexity index is 1950. The third-order valence-corrected chi connectivity index (χ3v) is 9.49. The molecular weight excluding hydrogens is 756 g/mol. The molecule has 2 aliphatic heterocycles. The van der Waals surface area contributed by atoms with E-state index < -0.39 is 90.3 Å². The molecule has 3 aromatic rings. The summed E-state index contributed by atoms with van der Waals surface area (Å²) in [5.74, 6) is -5.62. The number of aliphatic hydroxyl groups excluding tert-OH is 5. The molecule has 12 N–H and O–H groups in total. The van der Waals surface area contributed by atoms with Crippen LogP contribution >= 0.6 is 0 Å². The summed E-state index contributed by atoms with van der Waals surface area (Å²) in [6, 6.07) is 10.7. The number of carboxylic acids is 1. The van der Waals surface area contributed by atoms with Crippen molar-refractivity contribution in [1.29, 1.82) is 0 Å². The molecule has 5 rings (SSSR count). The third kappa shape index (κ3) is 8.80. The lowest BCUT2D eigenvalue weighted by Gasteiger charge is -2.50. The molecule has 0 amide bonds. The molecule has 20 heteroatoms. The Kier molecular flexibility index (Phi) is 13.4. The fourth-order valence-corrected chi connectivity index (χ4v) is 6.42. The number of aliphatic hydroxyl groups is 5. The fraction of sp³-hybridized carbons (Fsp3) is 0.432. The van der Waals surface area contributed by atoms with Crippen LogP contribution in [-0.2, 0) is 22.3 Å². The predicted octanol–water partition coefficient (Wildman–Crippen LogP) is -0.233. The Balaban J connectivity index is 1.50. The maximum Gasteiger partial charge on any atom is 0.344 e. The molecule has 310 valence electrons. The van der Waals surface area contributed by atoms with E-state index >= 15 is 0 Å². The number of aromatic hydroxyl groups is 2. The highest BCUT2D eigenvalue weighted by atomic mass is 16.7. The van der Waals surface area contributed by atoms with Crippen molar-refractivity contribution in [3.8, 4) is 34.5 Å². The van der Waals surface area contributed by atoms with Crippen LogP contribution in [0.1, 0.15) is 45.2 Å². The van der Waals surface area contributed by atoms with Gasteiger partial charge in [-0.15, -0.1) is 0 Å². The zero-order valence-corrected chi connectivity index (χ0v) is 31.1. The van der Waals surface area contributed by atoms with E-state index in [4.69, 9.17) is 34.2 Å².